The summed E-state index contributed by atoms with van der Waals surface area (Å²) >= 11 is 0. The Hall–Kier alpha value is -2.99. The molecule has 1 N–H and O–H groups in total. The highest BCUT2D eigenvalue weighted by atomic mass is 16.5. The Morgan fingerprint density at radius 3 is 2.55 bits per heavy atom. The Morgan fingerprint density at radius 2 is 1.83 bits per heavy atom. The minimum absolute atomic E-state index is 0.218. The lowest BCUT2D eigenvalue weighted by molar-refractivity contribution is 0.0939. The Morgan fingerprint density at radius 1 is 1.10 bits per heavy atom. The summed E-state index contributed by atoms with van der Waals surface area (Å²) in [5, 5.41) is 7.47. The molecule has 1 amide bonds. The number of benzene rings is 2. The summed E-state index contributed by atoms with van der Waals surface area (Å²) in [6.45, 7) is 3.78. The highest BCUT2D eigenvalue weighted by molar-refractivity contribution is 5.90. The molecule has 6 nitrogen and oxygen atoms in total. The minimum Gasteiger partial charge on any atom is -0.377 e. The number of amides is 1. The van der Waals surface area contributed by atoms with Crippen molar-refractivity contribution >= 4 is 5.91 Å². The number of rotatable bonds is 9. The second kappa shape index (κ2) is 9.01. The lowest BCUT2D eigenvalue weighted by Crippen LogP contribution is -2.25. The fourth-order valence-corrected chi connectivity index (χ4v) is 3.24. The van der Waals surface area contributed by atoms with E-state index >= 15 is 0 Å². The molecule has 0 aliphatic heterocycles. The summed E-state index contributed by atoms with van der Waals surface area (Å²) in [5.41, 5.74) is 3.06. The molecule has 4 rings (SSSR count). The van der Waals surface area contributed by atoms with Gasteiger partial charge in [-0.1, -0.05) is 49.4 Å². The van der Waals surface area contributed by atoms with Crippen molar-refractivity contribution in [2.45, 2.75) is 45.3 Å². The minimum atomic E-state index is -0.258. The van der Waals surface area contributed by atoms with Crippen molar-refractivity contribution in [3.05, 3.63) is 77.4 Å². The van der Waals surface area contributed by atoms with Crippen molar-refractivity contribution < 1.29 is 9.53 Å². The van der Waals surface area contributed by atoms with Gasteiger partial charge < -0.3 is 10.1 Å². The molecule has 1 aromatic heterocycles. The molecule has 1 saturated carbocycles. The van der Waals surface area contributed by atoms with Gasteiger partial charge in [-0.3, -0.25) is 4.79 Å². The van der Waals surface area contributed by atoms with Crippen LogP contribution >= 0.6 is 0 Å². The van der Waals surface area contributed by atoms with Crippen LogP contribution < -0.4 is 5.32 Å². The number of hydrogen-bond donors (Lipinski definition) is 1. The first kappa shape index (κ1) is 19.3. The second-order valence-electron chi connectivity index (χ2n) is 7.32. The first-order chi connectivity index (χ1) is 14.3. The van der Waals surface area contributed by atoms with Crippen LogP contribution in [0, 0.1) is 0 Å². The van der Waals surface area contributed by atoms with E-state index in [9.17, 15) is 4.79 Å². The Kier molecular flexibility index (Phi) is 6.00. The predicted molar refractivity (Wildman–Crippen MR) is 111 cm³/mol. The summed E-state index contributed by atoms with van der Waals surface area (Å²) < 4.78 is 7.47. The SMILES string of the molecule is CCCOCc1ccccc1CNC(=O)c1nc(C2CC2)n(-c2ccccc2)n1. The van der Waals surface area contributed by atoms with Crippen LogP contribution in [0.15, 0.2) is 54.6 Å². The Bertz CT molecular complexity index is 964. The number of hydrogen-bond acceptors (Lipinski definition) is 4. The topological polar surface area (TPSA) is 69.0 Å². The summed E-state index contributed by atoms with van der Waals surface area (Å²) in [7, 11) is 0. The molecule has 3 aromatic rings. The molecule has 29 heavy (non-hydrogen) atoms. The van der Waals surface area contributed by atoms with Gasteiger partial charge in [-0.15, -0.1) is 5.10 Å². The molecule has 0 spiro atoms. The quantitative estimate of drug-likeness (QED) is 0.561. The van der Waals surface area contributed by atoms with E-state index in [0.29, 0.717) is 19.1 Å². The molecule has 2 aromatic carbocycles. The van der Waals surface area contributed by atoms with Crippen LogP contribution in [-0.2, 0) is 17.9 Å². The van der Waals surface area contributed by atoms with Crippen LogP contribution in [-0.4, -0.2) is 27.3 Å². The van der Waals surface area contributed by atoms with Crippen molar-refractivity contribution in [1.82, 2.24) is 20.1 Å². The van der Waals surface area contributed by atoms with Crippen molar-refractivity contribution in [2.75, 3.05) is 6.61 Å². The molecule has 6 heteroatoms. The molecule has 0 bridgehead atoms. The van der Waals surface area contributed by atoms with E-state index < -0.39 is 0 Å². The first-order valence-corrected chi connectivity index (χ1v) is 10.2. The fraction of sp³-hybridized carbons (Fsp3) is 0.348. The largest absolute Gasteiger partial charge is 0.377 e. The smallest absolute Gasteiger partial charge is 0.291 e. The van der Waals surface area contributed by atoms with Gasteiger partial charge in [0.2, 0.25) is 5.82 Å². The van der Waals surface area contributed by atoms with Crippen LogP contribution in [0.2, 0.25) is 0 Å². The van der Waals surface area contributed by atoms with Gasteiger partial charge in [0.25, 0.3) is 5.91 Å². The summed E-state index contributed by atoms with van der Waals surface area (Å²) in [4.78, 5) is 17.3. The number of carbonyl (C=O) groups is 1. The number of ether oxygens (including phenoxy) is 1. The number of nitrogens with zero attached hydrogens (tertiary/aromatic N) is 3. The summed E-state index contributed by atoms with van der Waals surface area (Å²) in [6, 6.07) is 17.9. The molecule has 1 aliphatic carbocycles. The van der Waals surface area contributed by atoms with Gasteiger partial charge in [0.05, 0.1) is 12.3 Å². The second-order valence-corrected chi connectivity index (χ2v) is 7.32. The molecule has 1 fully saturated rings. The molecule has 0 saturated heterocycles. The van der Waals surface area contributed by atoms with Gasteiger partial charge in [0.15, 0.2) is 0 Å². The van der Waals surface area contributed by atoms with Crippen LogP contribution in [0.3, 0.4) is 0 Å². The van der Waals surface area contributed by atoms with Gasteiger partial charge in [-0.25, -0.2) is 9.67 Å². The molecular weight excluding hydrogens is 364 g/mol. The normalized spacial score (nSPS) is 13.4. The van der Waals surface area contributed by atoms with E-state index in [1.54, 1.807) is 4.68 Å². The van der Waals surface area contributed by atoms with Gasteiger partial charge in [0.1, 0.15) is 5.82 Å². The molecule has 0 atom stereocenters. The number of aromatic nitrogens is 3. The maximum Gasteiger partial charge on any atom is 0.291 e. The average molecular weight is 390 g/mol. The highest BCUT2D eigenvalue weighted by Crippen LogP contribution is 2.39. The summed E-state index contributed by atoms with van der Waals surface area (Å²) in [5.74, 6) is 1.22. The maximum absolute atomic E-state index is 12.7. The maximum atomic E-state index is 12.7. The number of para-hydroxylation sites is 1. The Labute approximate surface area is 170 Å². The van der Waals surface area contributed by atoms with E-state index in [2.05, 4.69) is 22.3 Å². The lowest BCUT2D eigenvalue weighted by Gasteiger charge is -2.10. The van der Waals surface area contributed by atoms with E-state index in [1.165, 1.54) is 0 Å². The third kappa shape index (κ3) is 4.71. The molecule has 150 valence electrons. The zero-order valence-electron chi connectivity index (χ0n) is 16.7. The monoisotopic (exact) mass is 390 g/mol. The first-order valence-electron chi connectivity index (χ1n) is 10.2. The molecule has 0 radical (unpaired) electrons. The number of nitrogens with one attached hydrogen (secondary N) is 1. The van der Waals surface area contributed by atoms with Crippen LogP contribution in [0.5, 0.6) is 0 Å². The zero-order valence-corrected chi connectivity index (χ0v) is 16.7. The Balaban J connectivity index is 1.47. The molecule has 1 heterocycles. The van der Waals surface area contributed by atoms with Crippen LogP contribution in [0.1, 0.15) is 59.7 Å². The molecule has 1 aliphatic rings. The fourth-order valence-electron chi connectivity index (χ4n) is 3.24. The molecule has 0 unspecified atom stereocenters. The van der Waals surface area contributed by atoms with E-state index in [1.807, 2.05) is 54.6 Å². The average Bonchev–Trinajstić information content (AvgIpc) is 3.51. The standard InChI is InChI=1S/C23H26N4O2/c1-2-14-29-16-19-9-7-6-8-18(19)15-24-23(28)21-25-22(17-12-13-17)27(26-21)20-10-4-3-5-11-20/h3-11,17H,2,12-16H2,1H3,(H,24,28). The highest BCUT2D eigenvalue weighted by Gasteiger charge is 2.31. The summed E-state index contributed by atoms with van der Waals surface area (Å²) in [6.07, 6.45) is 3.17. The van der Waals surface area contributed by atoms with Crippen LogP contribution in [0.25, 0.3) is 5.69 Å². The lowest BCUT2D eigenvalue weighted by atomic mass is 10.1. The van der Waals surface area contributed by atoms with Gasteiger partial charge in [-0.2, -0.15) is 0 Å². The van der Waals surface area contributed by atoms with Gasteiger partial charge >= 0.3 is 0 Å². The number of carbonyl (C=O) groups excluding carboxylic acids is 1. The third-order valence-electron chi connectivity index (χ3n) is 4.94. The van der Waals surface area contributed by atoms with Gasteiger partial charge in [0, 0.05) is 19.1 Å². The zero-order chi connectivity index (χ0) is 20.1. The van der Waals surface area contributed by atoms with E-state index in [4.69, 9.17) is 4.74 Å². The van der Waals surface area contributed by atoms with Crippen molar-refractivity contribution in [3.63, 3.8) is 0 Å². The predicted octanol–water partition coefficient (Wildman–Crippen LogP) is 4.00. The molecular formula is C23H26N4O2. The van der Waals surface area contributed by atoms with E-state index in [0.717, 1.165) is 48.5 Å². The van der Waals surface area contributed by atoms with E-state index in [-0.39, 0.29) is 11.7 Å². The van der Waals surface area contributed by atoms with Crippen LogP contribution in [0.4, 0.5) is 0 Å². The van der Waals surface area contributed by atoms with Crippen molar-refractivity contribution in [2.24, 2.45) is 0 Å². The van der Waals surface area contributed by atoms with Crippen molar-refractivity contribution in [1.29, 1.82) is 0 Å². The third-order valence-corrected chi connectivity index (χ3v) is 4.94. The van der Waals surface area contributed by atoms with Gasteiger partial charge in [-0.05, 0) is 42.5 Å². The van der Waals surface area contributed by atoms with Crippen molar-refractivity contribution in [3.8, 4) is 5.69 Å².